The van der Waals surface area contributed by atoms with E-state index in [1.165, 1.54) is 17.9 Å². The Kier molecular flexibility index (Phi) is 7.71. The predicted octanol–water partition coefficient (Wildman–Crippen LogP) is 6.62. The molecule has 1 heterocycles. The van der Waals surface area contributed by atoms with Gasteiger partial charge in [-0.3, -0.25) is 4.79 Å². The summed E-state index contributed by atoms with van der Waals surface area (Å²) in [5.74, 6) is -0.378. The van der Waals surface area contributed by atoms with E-state index in [4.69, 9.17) is 0 Å². The van der Waals surface area contributed by atoms with Crippen molar-refractivity contribution in [3.8, 4) is 0 Å². The number of anilines is 2. The van der Waals surface area contributed by atoms with E-state index < -0.39 is 23.9 Å². The summed E-state index contributed by atoms with van der Waals surface area (Å²) in [6.45, 7) is 2.07. The Bertz CT molecular complexity index is 1280. The smallest absolute Gasteiger partial charge is 0.416 e. The molecule has 2 amide bonds. The molecule has 1 aliphatic heterocycles. The third-order valence-corrected chi connectivity index (χ3v) is 6.40. The van der Waals surface area contributed by atoms with Gasteiger partial charge in [-0.25, -0.2) is 4.79 Å². The van der Waals surface area contributed by atoms with Crippen molar-refractivity contribution < 1.29 is 27.9 Å². The number of alkyl halides is 3. The van der Waals surface area contributed by atoms with Gasteiger partial charge in [-0.1, -0.05) is 54.6 Å². The van der Waals surface area contributed by atoms with Crippen LogP contribution in [-0.2, 0) is 23.9 Å². The number of hydrogen-bond donors (Lipinski definition) is 3. The normalized spacial score (nSPS) is 15.2. The Labute approximate surface area is 213 Å². The Morgan fingerprint density at radius 1 is 1.03 bits per heavy atom. The van der Waals surface area contributed by atoms with Gasteiger partial charge in [-0.2, -0.15) is 13.2 Å². The highest BCUT2D eigenvalue weighted by Crippen LogP contribution is 2.39. The number of fused-ring (bicyclic) bond motifs is 1. The van der Waals surface area contributed by atoms with Crippen molar-refractivity contribution in [1.82, 2.24) is 4.90 Å². The number of carbonyl (C=O) groups is 2. The lowest BCUT2D eigenvalue weighted by Gasteiger charge is -2.21. The van der Waals surface area contributed by atoms with Gasteiger partial charge in [0, 0.05) is 13.1 Å². The molecule has 1 aliphatic rings. The first-order valence-corrected chi connectivity index (χ1v) is 12.0. The molecule has 6 nitrogen and oxygen atoms in total. The minimum atomic E-state index is -4.51. The molecule has 0 aliphatic carbocycles. The van der Waals surface area contributed by atoms with Crippen LogP contribution in [0, 0.1) is 6.92 Å². The fraction of sp³-hybridized carbons (Fsp3) is 0.286. The van der Waals surface area contributed by atoms with Gasteiger partial charge in [0.05, 0.1) is 29.4 Å². The molecule has 0 radical (unpaired) electrons. The minimum Gasteiger partial charge on any atom is -0.465 e. The molecular formula is C28H28F3N3O3. The van der Waals surface area contributed by atoms with Crippen LogP contribution in [0.5, 0.6) is 0 Å². The Morgan fingerprint density at radius 3 is 2.46 bits per heavy atom. The maximum absolute atomic E-state index is 13.3. The zero-order valence-electron chi connectivity index (χ0n) is 20.3. The van der Waals surface area contributed by atoms with Gasteiger partial charge in [0.1, 0.15) is 0 Å². The van der Waals surface area contributed by atoms with Crippen molar-refractivity contribution >= 4 is 23.4 Å². The number of rotatable bonds is 7. The van der Waals surface area contributed by atoms with Crippen LogP contribution in [0.25, 0.3) is 0 Å². The third kappa shape index (κ3) is 6.61. The van der Waals surface area contributed by atoms with Gasteiger partial charge in [0.15, 0.2) is 0 Å². The molecule has 3 aromatic carbocycles. The molecular weight excluding hydrogens is 483 g/mol. The summed E-state index contributed by atoms with van der Waals surface area (Å²) in [5, 5.41) is 15.4. The standard InChI is InChI=1S/C28H28F3N3O3/c1-18-13-24-25(15-22(18)28(29,30)31)33-26(35)16-23(32-24)21-11-5-9-19(14-21)10-6-12-34(27(36)37)17-20-7-3-2-4-8-20/h2-5,7-9,11,13-15,23,32H,6,10,12,16-17H2,1H3,(H,33,35)(H,36,37). The van der Waals surface area contributed by atoms with Crippen LogP contribution in [-0.4, -0.2) is 28.6 Å². The summed E-state index contributed by atoms with van der Waals surface area (Å²) in [6, 6.07) is 19.0. The first kappa shape index (κ1) is 26.1. The molecule has 0 saturated carbocycles. The van der Waals surface area contributed by atoms with Crippen molar-refractivity contribution in [2.24, 2.45) is 0 Å². The van der Waals surface area contributed by atoms with Crippen LogP contribution in [0.3, 0.4) is 0 Å². The number of carboxylic acid groups (broad SMARTS) is 1. The highest BCUT2D eigenvalue weighted by molar-refractivity contribution is 5.97. The van der Waals surface area contributed by atoms with Crippen molar-refractivity contribution in [3.05, 3.63) is 94.5 Å². The molecule has 1 atom stereocenters. The van der Waals surface area contributed by atoms with E-state index in [-0.39, 0.29) is 23.6 Å². The van der Waals surface area contributed by atoms with E-state index in [1.807, 2.05) is 54.6 Å². The molecule has 194 valence electrons. The van der Waals surface area contributed by atoms with E-state index in [0.29, 0.717) is 31.6 Å². The van der Waals surface area contributed by atoms with Crippen LogP contribution in [0.1, 0.15) is 46.7 Å². The first-order chi connectivity index (χ1) is 17.6. The maximum Gasteiger partial charge on any atom is 0.416 e. The van der Waals surface area contributed by atoms with Crippen LogP contribution < -0.4 is 10.6 Å². The number of nitrogens with zero attached hydrogens (tertiary/aromatic N) is 1. The minimum absolute atomic E-state index is 0.0579. The summed E-state index contributed by atoms with van der Waals surface area (Å²) in [6.07, 6.45) is -4.18. The van der Waals surface area contributed by atoms with Gasteiger partial charge < -0.3 is 20.6 Å². The van der Waals surface area contributed by atoms with Crippen LogP contribution in [0.4, 0.5) is 29.3 Å². The topological polar surface area (TPSA) is 81.7 Å². The monoisotopic (exact) mass is 511 g/mol. The second-order valence-corrected chi connectivity index (χ2v) is 9.20. The molecule has 3 N–H and O–H groups in total. The molecule has 0 spiro atoms. The van der Waals surface area contributed by atoms with Gasteiger partial charge in [0.25, 0.3) is 0 Å². The lowest BCUT2D eigenvalue weighted by Crippen LogP contribution is -2.30. The summed E-state index contributed by atoms with van der Waals surface area (Å²) in [5.41, 5.74) is 2.56. The highest BCUT2D eigenvalue weighted by atomic mass is 19.4. The molecule has 1 unspecified atom stereocenters. The summed E-state index contributed by atoms with van der Waals surface area (Å²) in [4.78, 5) is 25.6. The maximum atomic E-state index is 13.3. The number of benzene rings is 3. The molecule has 3 aromatic rings. The molecule has 9 heteroatoms. The highest BCUT2D eigenvalue weighted by Gasteiger charge is 2.34. The van der Waals surface area contributed by atoms with E-state index in [0.717, 1.165) is 22.8 Å². The number of hydrogen-bond acceptors (Lipinski definition) is 3. The number of aryl methyl sites for hydroxylation is 2. The van der Waals surface area contributed by atoms with Gasteiger partial charge in [0.2, 0.25) is 5.91 Å². The van der Waals surface area contributed by atoms with Crippen LogP contribution in [0.2, 0.25) is 0 Å². The number of carbonyl (C=O) groups excluding carboxylic acids is 1. The zero-order valence-corrected chi connectivity index (χ0v) is 20.3. The van der Waals surface area contributed by atoms with E-state index in [2.05, 4.69) is 10.6 Å². The Balaban J connectivity index is 1.45. The van der Waals surface area contributed by atoms with E-state index in [9.17, 15) is 27.9 Å². The summed E-state index contributed by atoms with van der Waals surface area (Å²) in [7, 11) is 0. The third-order valence-electron chi connectivity index (χ3n) is 6.40. The van der Waals surface area contributed by atoms with Crippen LogP contribution in [0.15, 0.2) is 66.7 Å². The molecule has 0 saturated heterocycles. The average Bonchev–Trinajstić information content (AvgIpc) is 3.00. The second kappa shape index (κ2) is 10.9. The van der Waals surface area contributed by atoms with Crippen molar-refractivity contribution in [1.29, 1.82) is 0 Å². The van der Waals surface area contributed by atoms with E-state index in [1.54, 1.807) is 0 Å². The van der Waals surface area contributed by atoms with Crippen molar-refractivity contribution in [3.63, 3.8) is 0 Å². The molecule has 37 heavy (non-hydrogen) atoms. The number of amides is 2. The molecule has 0 aromatic heterocycles. The SMILES string of the molecule is Cc1cc2c(cc1C(F)(F)F)NC(=O)CC(c1cccc(CCCN(Cc3ccccc3)C(=O)O)c1)N2. The van der Waals surface area contributed by atoms with Gasteiger partial charge >= 0.3 is 12.3 Å². The fourth-order valence-electron chi connectivity index (χ4n) is 4.55. The zero-order chi connectivity index (χ0) is 26.6. The predicted molar refractivity (Wildman–Crippen MR) is 135 cm³/mol. The lowest BCUT2D eigenvalue weighted by atomic mass is 9.98. The van der Waals surface area contributed by atoms with Crippen molar-refractivity contribution in [2.75, 3.05) is 17.2 Å². The number of halogens is 3. The van der Waals surface area contributed by atoms with Crippen LogP contribution >= 0.6 is 0 Å². The Morgan fingerprint density at radius 2 is 1.76 bits per heavy atom. The fourth-order valence-corrected chi connectivity index (χ4v) is 4.55. The first-order valence-electron chi connectivity index (χ1n) is 12.0. The number of nitrogens with one attached hydrogen (secondary N) is 2. The van der Waals surface area contributed by atoms with Crippen molar-refractivity contribution in [2.45, 2.75) is 44.9 Å². The summed E-state index contributed by atoms with van der Waals surface area (Å²) >= 11 is 0. The molecule has 0 bridgehead atoms. The van der Waals surface area contributed by atoms with Gasteiger partial charge in [-0.15, -0.1) is 0 Å². The molecule has 4 rings (SSSR count). The van der Waals surface area contributed by atoms with Gasteiger partial charge in [-0.05, 0) is 54.2 Å². The second-order valence-electron chi connectivity index (χ2n) is 9.20. The lowest BCUT2D eigenvalue weighted by molar-refractivity contribution is -0.138. The summed E-state index contributed by atoms with van der Waals surface area (Å²) < 4.78 is 40.0. The van der Waals surface area contributed by atoms with E-state index >= 15 is 0 Å². The molecule has 0 fully saturated rings. The average molecular weight is 512 g/mol. The quantitative estimate of drug-likeness (QED) is 0.333. The Hall–Kier alpha value is -4.01. The largest absolute Gasteiger partial charge is 0.465 e.